The van der Waals surface area contributed by atoms with Gasteiger partial charge in [-0.2, -0.15) is 0 Å². The summed E-state index contributed by atoms with van der Waals surface area (Å²) in [6.07, 6.45) is 6.22. The van der Waals surface area contributed by atoms with Crippen LogP contribution in [0.2, 0.25) is 0 Å². The summed E-state index contributed by atoms with van der Waals surface area (Å²) in [4.78, 5) is 16.5. The van der Waals surface area contributed by atoms with Gasteiger partial charge in [0.2, 0.25) is 0 Å². The first-order valence-corrected chi connectivity index (χ1v) is 9.21. The number of nitrogens with one attached hydrogen (secondary N) is 2. The van der Waals surface area contributed by atoms with E-state index in [1.165, 1.54) is 23.1 Å². The molecule has 5 heteroatoms. The first-order chi connectivity index (χ1) is 12.2. The minimum absolute atomic E-state index is 0.222. The summed E-state index contributed by atoms with van der Waals surface area (Å²) in [5.74, 6) is 0.650. The van der Waals surface area contributed by atoms with Gasteiger partial charge in [-0.25, -0.2) is 9.78 Å². The number of allylic oxidation sites excluding steroid dienone is 1. The van der Waals surface area contributed by atoms with Gasteiger partial charge in [-0.05, 0) is 67.6 Å². The number of benzene rings is 2. The quantitative estimate of drug-likeness (QED) is 0.670. The molecule has 1 saturated carbocycles. The molecule has 126 valence electrons. The number of anilines is 1. The van der Waals surface area contributed by atoms with Crippen molar-refractivity contribution in [3.8, 4) is 10.6 Å². The molecular formula is C20H19N3OS. The van der Waals surface area contributed by atoms with Crippen LogP contribution in [0.15, 0.2) is 54.7 Å². The maximum atomic E-state index is 11.8. The van der Waals surface area contributed by atoms with Crippen molar-refractivity contribution in [2.75, 3.05) is 5.32 Å². The monoisotopic (exact) mass is 349 g/mol. The molecule has 1 aromatic heterocycles. The van der Waals surface area contributed by atoms with Crippen LogP contribution < -0.4 is 10.6 Å². The third-order valence-electron chi connectivity index (χ3n) is 4.14. The summed E-state index contributed by atoms with van der Waals surface area (Å²) in [7, 11) is 0. The van der Waals surface area contributed by atoms with Crippen molar-refractivity contribution in [2.45, 2.75) is 19.8 Å². The van der Waals surface area contributed by atoms with E-state index in [2.05, 4.69) is 40.7 Å². The van der Waals surface area contributed by atoms with Gasteiger partial charge in [0, 0.05) is 17.5 Å². The van der Waals surface area contributed by atoms with Crippen LogP contribution in [0.4, 0.5) is 10.5 Å². The number of fused-ring (bicyclic) bond motifs is 1. The van der Waals surface area contributed by atoms with Crippen LogP contribution in [-0.2, 0) is 0 Å². The minimum Gasteiger partial charge on any atom is -0.315 e. The number of thiazole rings is 1. The van der Waals surface area contributed by atoms with Gasteiger partial charge < -0.3 is 10.6 Å². The van der Waals surface area contributed by atoms with E-state index < -0.39 is 0 Å². The zero-order chi connectivity index (χ0) is 17.2. The van der Waals surface area contributed by atoms with E-state index in [0.29, 0.717) is 5.92 Å². The first-order valence-electron chi connectivity index (χ1n) is 8.39. The van der Waals surface area contributed by atoms with Crippen LogP contribution in [-0.4, -0.2) is 11.0 Å². The van der Waals surface area contributed by atoms with Crippen molar-refractivity contribution in [2.24, 2.45) is 5.92 Å². The molecule has 0 bridgehead atoms. The van der Waals surface area contributed by atoms with E-state index in [1.54, 1.807) is 17.5 Å². The van der Waals surface area contributed by atoms with Crippen molar-refractivity contribution in [1.82, 2.24) is 10.3 Å². The maximum absolute atomic E-state index is 11.8. The Morgan fingerprint density at radius 2 is 2.00 bits per heavy atom. The molecule has 1 fully saturated rings. The van der Waals surface area contributed by atoms with E-state index >= 15 is 0 Å². The van der Waals surface area contributed by atoms with Gasteiger partial charge >= 0.3 is 6.03 Å². The Kier molecular flexibility index (Phi) is 4.24. The number of carbonyl (C=O) groups is 1. The summed E-state index contributed by atoms with van der Waals surface area (Å²) in [6.45, 7) is 2.09. The molecule has 1 aliphatic carbocycles. The molecule has 0 aliphatic heterocycles. The Labute approximate surface area is 150 Å². The van der Waals surface area contributed by atoms with Gasteiger partial charge in [0.25, 0.3) is 0 Å². The average molecular weight is 349 g/mol. The summed E-state index contributed by atoms with van der Waals surface area (Å²) in [5.41, 5.74) is 4.08. The highest BCUT2D eigenvalue weighted by atomic mass is 32.1. The van der Waals surface area contributed by atoms with Crippen molar-refractivity contribution >= 4 is 33.3 Å². The Hall–Kier alpha value is -2.66. The van der Waals surface area contributed by atoms with Gasteiger partial charge in [0.15, 0.2) is 0 Å². The number of rotatable bonds is 4. The second-order valence-electron chi connectivity index (χ2n) is 6.36. The normalized spacial score (nSPS) is 14.1. The molecule has 25 heavy (non-hydrogen) atoms. The number of aryl methyl sites for hydroxylation is 1. The molecule has 0 unspecified atom stereocenters. The number of nitrogens with zero attached hydrogens (tertiary/aromatic N) is 1. The Morgan fingerprint density at radius 3 is 2.76 bits per heavy atom. The molecule has 4 nitrogen and oxygen atoms in total. The molecule has 2 amide bonds. The molecule has 0 radical (unpaired) electrons. The van der Waals surface area contributed by atoms with Crippen molar-refractivity contribution in [3.63, 3.8) is 0 Å². The zero-order valence-electron chi connectivity index (χ0n) is 14.0. The zero-order valence-corrected chi connectivity index (χ0v) is 14.8. The molecule has 2 N–H and O–H groups in total. The van der Waals surface area contributed by atoms with Crippen LogP contribution in [0, 0.1) is 12.8 Å². The highest BCUT2D eigenvalue weighted by molar-refractivity contribution is 7.21. The van der Waals surface area contributed by atoms with Gasteiger partial charge in [0.1, 0.15) is 5.01 Å². The number of urea groups is 1. The van der Waals surface area contributed by atoms with E-state index in [-0.39, 0.29) is 6.03 Å². The van der Waals surface area contributed by atoms with Crippen molar-refractivity contribution < 1.29 is 4.79 Å². The van der Waals surface area contributed by atoms with E-state index in [4.69, 9.17) is 0 Å². The minimum atomic E-state index is -0.222. The molecule has 2 aromatic carbocycles. The fourth-order valence-electron chi connectivity index (χ4n) is 2.57. The van der Waals surface area contributed by atoms with Crippen molar-refractivity contribution in [3.05, 3.63) is 60.3 Å². The van der Waals surface area contributed by atoms with Gasteiger partial charge in [-0.3, -0.25) is 0 Å². The average Bonchev–Trinajstić information content (AvgIpc) is 3.32. The van der Waals surface area contributed by atoms with Crippen LogP contribution in [0.5, 0.6) is 0 Å². The highest BCUT2D eigenvalue weighted by Crippen LogP contribution is 2.31. The van der Waals surface area contributed by atoms with E-state index in [0.717, 1.165) is 21.8 Å². The Morgan fingerprint density at radius 1 is 1.20 bits per heavy atom. The Balaban J connectivity index is 1.44. The van der Waals surface area contributed by atoms with Gasteiger partial charge in [-0.15, -0.1) is 11.3 Å². The van der Waals surface area contributed by atoms with Crippen LogP contribution >= 0.6 is 11.3 Å². The van der Waals surface area contributed by atoms with Gasteiger partial charge in [-0.1, -0.05) is 12.1 Å². The molecule has 1 aliphatic rings. The third-order valence-corrected chi connectivity index (χ3v) is 5.21. The summed E-state index contributed by atoms with van der Waals surface area (Å²) in [6, 6.07) is 13.8. The SMILES string of the molecule is Cc1ccc2nc(-c3ccc(NC(=O)N/C=C/C4CC4)cc3)sc2c1. The lowest BCUT2D eigenvalue weighted by Gasteiger charge is -2.05. The fraction of sp³-hybridized carbons (Fsp3) is 0.200. The van der Waals surface area contributed by atoms with E-state index in [9.17, 15) is 4.79 Å². The molecule has 0 spiro atoms. The summed E-state index contributed by atoms with van der Waals surface area (Å²) >= 11 is 1.68. The first kappa shape index (κ1) is 15.8. The van der Waals surface area contributed by atoms with Crippen molar-refractivity contribution in [1.29, 1.82) is 0 Å². The molecule has 0 saturated heterocycles. The number of hydrogen-bond acceptors (Lipinski definition) is 3. The predicted molar refractivity (Wildman–Crippen MR) is 104 cm³/mol. The lowest BCUT2D eigenvalue weighted by molar-refractivity contribution is 0.255. The number of hydrogen-bond donors (Lipinski definition) is 2. The topological polar surface area (TPSA) is 54.0 Å². The largest absolute Gasteiger partial charge is 0.323 e. The second kappa shape index (κ2) is 6.69. The number of carbonyl (C=O) groups excluding carboxylic acids is 1. The lowest BCUT2D eigenvalue weighted by Crippen LogP contribution is -2.23. The molecular weight excluding hydrogens is 330 g/mol. The molecule has 1 heterocycles. The second-order valence-corrected chi connectivity index (χ2v) is 7.39. The van der Waals surface area contributed by atoms with Crippen LogP contribution in [0.1, 0.15) is 18.4 Å². The lowest BCUT2D eigenvalue weighted by atomic mass is 10.2. The highest BCUT2D eigenvalue weighted by Gasteiger charge is 2.17. The van der Waals surface area contributed by atoms with E-state index in [1.807, 2.05) is 30.3 Å². The van der Waals surface area contributed by atoms with Crippen LogP contribution in [0.25, 0.3) is 20.8 Å². The molecule has 0 atom stereocenters. The fourth-order valence-corrected chi connectivity index (χ4v) is 3.64. The third kappa shape index (κ3) is 3.88. The maximum Gasteiger partial charge on any atom is 0.323 e. The Bertz CT molecular complexity index is 939. The van der Waals surface area contributed by atoms with Crippen LogP contribution in [0.3, 0.4) is 0 Å². The molecule has 4 rings (SSSR count). The smallest absolute Gasteiger partial charge is 0.315 e. The summed E-state index contributed by atoms with van der Waals surface area (Å²) < 4.78 is 1.19. The standard InChI is InChI=1S/C20H19N3OS/c1-13-2-9-17-18(12-13)25-19(23-17)15-5-7-16(8-6-15)22-20(24)21-11-10-14-3-4-14/h2,5-12,14H,3-4H2,1H3,(H2,21,22,24)/b11-10+. The number of amides is 2. The molecule has 3 aromatic rings. The predicted octanol–water partition coefficient (Wildman–Crippen LogP) is 5.32. The summed E-state index contributed by atoms with van der Waals surface area (Å²) in [5, 5.41) is 6.55. The van der Waals surface area contributed by atoms with Gasteiger partial charge in [0.05, 0.1) is 10.2 Å². The number of aromatic nitrogens is 1.